The lowest BCUT2D eigenvalue weighted by molar-refractivity contribution is -0.0584. The molecule has 2 aromatic carbocycles. The Bertz CT molecular complexity index is 1130. The molecule has 0 atom stereocenters. The molecule has 1 N–H and O–H groups in total. The third-order valence-corrected chi connectivity index (χ3v) is 4.28. The maximum atomic E-state index is 12.5. The number of hydroxylamine groups is 2. The Balaban J connectivity index is 1.50. The minimum atomic E-state index is -0.920. The van der Waals surface area contributed by atoms with Gasteiger partial charge in [-0.2, -0.15) is 0 Å². The highest BCUT2D eigenvalue weighted by Crippen LogP contribution is 2.24. The highest BCUT2D eigenvalue weighted by atomic mass is 16.7. The fourth-order valence-corrected chi connectivity index (χ4v) is 2.82. The van der Waals surface area contributed by atoms with Crippen molar-refractivity contribution in [1.82, 2.24) is 10.2 Å². The third kappa shape index (κ3) is 3.25. The van der Waals surface area contributed by atoms with E-state index in [1.807, 2.05) is 0 Å². The summed E-state index contributed by atoms with van der Waals surface area (Å²) in [6.45, 7) is 1.60. The number of carbonyl (C=O) groups is 4. The van der Waals surface area contributed by atoms with E-state index in [-0.39, 0.29) is 22.3 Å². The fraction of sp³-hybridized carbons (Fsp3) is 0.0500. The van der Waals surface area contributed by atoms with Crippen LogP contribution in [-0.4, -0.2) is 33.9 Å². The zero-order valence-electron chi connectivity index (χ0n) is 15.0. The highest BCUT2D eigenvalue weighted by Gasteiger charge is 2.38. The van der Waals surface area contributed by atoms with Gasteiger partial charge in [-0.1, -0.05) is 28.4 Å². The second kappa shape index (κ2) is 7.04. The molecule has 2 heterocycles. The maximum Gasteiger partial charge on any atom is 0.364 e. The summed E-state index contributed by atoms with van der Waals surface area (Å²) in [6.07, 6.45) is 1.28. The van der Waals surface area contributed by atoms with E-state index in [2.05, 4.69) is 10.5 Å². The number of hydrogen-bond donors (Lipinski definition) is 1. The van der Waals surface area contributed by atoms with Crippen LogP contribution in [0.1, 0.15) is 47.2 Å². The molecule has 0 fully saturated rings. The van der Waals surface area contributed by atoms with Crippen LogP contribution >= 0.6 is 0 Å². The highest BCUT2D eigenvalue weighted by molar-refractivity contribution is 6.21. The van der Waals surface area contributed by atoms with Crippen LogP contribution in [0, 0.1) is 6.92 Å². The lowest BCUT2D eigenvalue weighted by atomic mass is 10.1. The number of hydrogen-bond acceptors (Lipinski definition) is 7. The topological polar surface area (TPSA) is 119 Å². The molecule has 3 aromatic rings. The average Bonchev–Trinajstić information content (AvgIpc) is 3.25. The van der Waals surface area contributed by atoms with Gasteiger partial charge in [-0.05, 0) is 37.3 Å². The number of carbonyl (C=O) groups excluding carboxylic acids is 4. The van der Waals surface area contributed by atoms with Gasteiger partial charge in [0.1, 0.15) is 11.3 Å². The number of amides is 3. The predicted octanol–water partition coefficient (Wildman–Crippen LogP) is 2.60. The summed E-state index contributed by atoms with van der Waals surface area (Å²) in [6, 6.07) is 12.1. The first-order valence-electron chi connectivity index (χ1n) is 8.48. The molecule has 0 aliphatic carbocycles. The summed E-state index contributed by atoms with van der Waals surface area (Å²) in [5.41, 5.74) is 0.934. The van der Waals surface area contributed by atoms with Crippen LogP contribution in [0.5, 0.6) is 0 Å². The molecule has 0 spiro atoms. The summed E-state index contributed by atoms with van der Waals surface area (Å²) in [4.78, 5) is 54.3. The molecule has 0 bridgehead atoms. The first-order valence-corrected chi connectivity index (χ1v) is 8.48. The van der Waals surface area contributed by atoms with E-state index < -0.39 is 23.7 Å². The van der Waals surface area contributed by atoms with Crippen LogP contribution in [0.3, 0.4) is 0 Å². The molecule has 144 valence electrons. The lowest BCUT2D eigenvalue weighted by Crippen LogP contribution is -2.32. The number of anilines is 1. The van der Waals surface area contributed by atoms with Crippen LogP contribution < -0.4 is 5.32 Å². The largest absolute Gasteiger partial charge is 0.364 e. The van der Waals surface area contributed by atoms with Crippen LogP contribution in [0.15, 0.2) is 59.3 Å². The van der Waals surface area contributed by atoms with Gasteiger partial charge in [0.25, 0.3) is 17.7 Å². The number of nitrogens with zero attached hydrogens (tertiary/aromatic N) is 2. The third-order valence-electron chi connectivity index (χ3n) is 4.28. The molecule has 9 nitrogen and oxygen atoms in total. The van der Waals surface area contributed by atoms with Crippen molar-refractivity contribution in [3.05, 3.63) is 82.7 Å². The van der Waals surface area contributed by atoms with E-state index in [1.54, 1.807) is 25.1 Å². The molecular weight excluding hydrogens is 378 g/mol. The van der Waals surface area contributed by atoms with Crippen molar-refractivity contribution in [2.24, 2.45) is 0 Å². The fourth-order valence-electron chi connectivity index (χ4n) is 2.82. The molecule has 29 heavy (non-hydrogen) atoms. The van der Waals surface area contributed by atoms with Gasteiger partial charge < -0.3 is 14.7 Å². The Kier molecular flexibility index (Phi) is 4.40. The van der Waals surface area contributed by atoms with Gasteiger partial charge in [-0.25, -0.2) is 4.79 Å². The summed E-state index contributed by atoms with van der Waals surface area (Å²) >= 11 is 0. The Morgan fingerprint density at radius 2 is 1.72 bits per heavy atom. The van der Waals surface area contributed by atoms with Crippen molar-refractivity contribution in [3.8, 4) is 0 Å². The molecule has 0 unspecified atom stereocenters. The zero-order chi connectivity index (χ0) is 20.5. The second-order valence-electron chi connectivity index (χ2n) is 6.16. The Hall–Kier alpha value is -4.27. The number of rotatable bonds is 4. The van der Waals surface area contributed by atoms with Crippen LogP contribution in [0.25, 0.3) is 0 Å². The lowest BCUT2D eigenvalue weighted by Gasteiger charge is -2.13. The standard InChI is InChI=1S/C20H13N3O6/c1-11-16(10-21-28-11)17(24)22-13-6-4-5-12(9-13)20(27)29-23-18(25)14-7-2-3-8-15(14)19(23)26/h2-10H,1H3,(H,22,24). The zero-order valence-corrected chi connectivity index (χ0v) is 15.0. The molecule has 0 saturated heterocycles. The molecule has 0 saturated carbocycles. The van der Waals surface area contributed by atoms with Gasteiger partial charge in [0.15, 0.2) is 0 Å². The number of nitrogens with one attached hydrogen (secondary N) is 1. The van der Waals surface area contributed by atoms with E-state index in [9.17, 15) is 19.2 Å². The Labute approximate surface area is 163 Å². The normalized spacial score (nSPS) is 12.7. The summed E-state index contributed by atoms with van der Waals surface area (Å²) in [5.74, 6) is -2.47. The number of aromatic nitrogens is 1. The van der Waals surface area contributed by atoms with Crippen molar-refractivity contribution in [1.29, 1.82) is 0 Å². The molecule has 1 aromatic heterocycles. The van der Waals surface area contributed by atoms with Crippen molar-refractivity contribution in [3.63, 3.8) is 0 Å². The van der Waals surface area contributed by atoms with Gasteiger partial charge in [0.2, 0.25) is 0 Å². The van der Waals surface area contributed by atoms with Crippen LogP contribution in [0.4, 0.5) is 5.69 Å². The number of aryl methyl sites for hydroxylation is 1. The van der Waals surface area contributed by atoms with E-state index in [0.29, 0.717) is 16.5 Å². The number of fused-ring (bicyclic) bond motifs is 1. The average molecular weight is 391 g/mol. The SMILES string of the molecule is Cc1oncc1C(=O)Nc1cccc(C(=O)ON2C(=O)c3ccccc3C2=O)c1. The summed E-state index contributed by atoms with van der Waals surface area (Å²) < 4.78 is 4.85. The van der Waals surface area contributed by atoms with E-state index >= 15 is 0 Å². The molecule has 1 aliphatic rings. The predicted molar refractivity (Wildman–Crippen MR) is 98.0 cm³/mol. The number of benzene rings is 2. The van der Waals surface area contributed by atoms with E-state index in [0.717, 1.165) is 0 Å². The van der Waals surface area contributed by atoms with E-state index in [4.69, 9.17) is 9.36 Å². The summed E-state index contributed by atoms with van der Waals surface area (Å²) in [5, 5.41) is 6.58. The van der Waals surface area contributed by atoms with Crippen molar-refractivity contribution >= 4 is 29.4 Å². The smallest absolute Gasteiger partial charge is 0.361 e. The molecule has 4 rings (SSSR count). The quantitative estimate of drug-likeness (QED) is 0.679. The van der Waals surface area contributed by atoms with Gasteiger partial charge >= 0.3 is 5.97 Å². The number of imide groups is 1. The Morgan fingerprint density at radius 3 is 2.34 bits per heavy atom. The van der Waals surface area contributed by atoms with Crippen molar-refractivity contribution < 1.29 is 28.5 Å². The first-order chi connectivity index (χ1) is 14.0. The van der Waals surface area contributed by atoms with Gasteiger partial charge in [-0.15, -0.1) is 0 Å². The monoisotopic (exact) mass is 391 g/mol. The van der Waals surface area contributed by atoms with Crippen molar-refractivity contribution in [2.75, 3.05) is 5.32 Å². The second-order valence-corrected chi connectivity index (χ2v) is 6.16. The Morgan fingerprint density at radius 1 is 1.03 bits per heavy atom. The van der Waals surface area contributed by atoms with Crippen LogP contribution in [0.2, 0.25) is 0 Å². The molecule has 3 amide bonds. The van der Waals surface area contributed by atoms with Gasteiger partial charge in [0, 0.05) is 5.69 Å². The maximum absolute atomic E-state index is 12.5. The van der Waals surface area contributed by atoms with Gasteiger partial charge in [0.05, 0.1) is 22.9 Å². The molecule has 1 aliphatic heterocycles. The molecule has 0 radical (unpaired) electrons. The minimum Gasteiger partial charge on any atom is -0.361 e. The van der Waals surface area contributed by atoms with Crippen LogP contribution in [-0.2, 0) is 4.84 Å². The minimum absolute atomic E-state index is 0.0430. The van der Waals surface area contributed by atoms with Crippen molar-refractivity contribution in [2.45, 2.75) is 6.92 Å². The van der Waals surface area contributed by atoms with E-state index in [1.165, 1.54) is 36.5 Å². The summed E-state index contributed by atoms with van der Waals surface area (Å²) in [7, 11) is 0. The molecule has 9 heteroatoms. The first kappa shape index (κ1) is 18.1. The molecular formula is C20H13N3O6. The van der Waals surface area contributed by atoms with Gasteiger partial charge in [-0.3, -0.25) is 14.4 Å².